The predicted octanol–water partition coefficient (Wildman–Crippen LogP) is 1.99. The third-order valence-corrected chi connectivity index (χ3v) is 3.71. The number of carbonyl (C=O) groups is 1. The average Bonchev–Trinajstić information content (AvgIpc) is 2.42. The molecule has 0 saturated heterocycles. The molecule has 1 aromatic rings. The van der Waals surface area contributed by atoms with Crippen LogP contribution >= 0.6 is 0 Å². The Bertz CT molecular complexity index is 495. The number of carbonyl (C=O) groups excluding carboxylic acids is 1. The Balaban J connectivity index is 2.09. The molecule has 0 aliphatic heterocycles. The van der Waals surface area contributed by atoms with Crippen molar-refractivity contribution in [1.82, 2.24) is 15.3 Å². The van der Waals surface area contributed by atoms with Crippen LogP contribution in [0, 0.1) is 24.2 Å². The van der Waals surface area contributed by atoms with E-state index in [0.717, 1.165) is 18.5 Å². The summed E-state index contributed by atoms with van der Waals surface area (Å²) in [5, 5.41) is 12.2. The fraction of sp³-hybridized carbons (Fsp3) is 0.571. The lowest BCUT2D eigenvalue weighted by Gasteiger charge is -2.34. The lowest BCUT2D eigenvalue weighted by molar-refractivity contribution is 0.0888. The Hall–Kier alpha value is -1.96. The van der Waals surface area contributed by atoms with Crippen molar-refractivity contribution < 1.29 is 4.79 Å². The minimum absolute atomic E-state index is 0.263. The number of hydrogen-bond donors (Lipinski definition) is 1. The number of amides is 1. The molecule has 5 heteroatoms. The Morgan fingerprint density at radius 2 is 2.11 bits per heavy atom. The van der Waals surface area contributed by atoms with Crippen LogP contribution in [0.2, 0.25) is 0 Å². The summed E-state index contributed by atoms with van der Waals surface area (Å²) in [5.74, 6) is 0.307. The minimum atomic E-state index is -0.740. The number of nitrogens with zero attached hydrogens (tertiary/aromatic N) is 3. The number of nitriles is 1. The van der Waals surface area contributed by atoms with Gasteiger partial charge in [0.25, 0.3) is 5.91 Å². The van der Waals surface area contributed by atoms with Gasteiger partial charge < -0.3 is 5.32 Å². The van der Waals surface area contributed by atoms with E-state index in [1.807, 2.05) is 6.92 Å². The second-order valence-electron chi connectivity index (χ2n) is 5.37. The highest BCUT2D eigenvalue weighted by Crippen LogP contribution is 2.31. The van der Waals surface area contributed by atoms with Crippen LogP contribution in [0.1, 0.15) is 48.8 Å². The third-order valence-electron chi connectivity index (χ3n) is 3.71. The van der Waals surface area contributed by atoms with Crippen molar-refractivity contribution in [3.8, 4) is 6.07 Å². The van der Waals surface area contributed by atoms with Gasteiger partial charge in [-0.25, -0.2) is 4.98 Å². The first-order valence-corrected chi connectivity index (χ1v) is 6.57. The first kappa shape index (κ1) is 13.5. The molecule has 0 spiro atoms. The van der Waals surface area contributed by atoms with Crippen molar-refractivity contribution >= 4 is 5.91 Å². The monoisotopic (exact) mass is 258 g/mol. The molecule has 19 heavy (non-hydrogen) atoms. The first-order chi connectivity index (χ1) is 9.04. The van der Waals surface area contributed by atoms with Gasteiger partial charge in [0.2, 0.25) is 0 Å². The van der Waals surface area contributed by atoms with E-state index in [0.29, 0.717) is 18.8 Å². The molecule has 1 aliphatic rings. The number of aromatic nitrogens is 2. The highest BCUT2D eigenvalue weighted by molar-refractivity contribution is 5.92. The van der Waals surface area contributed by atoms with Gasteiger partial charge in [0.1, 0.15) is 11.2 Å². The van der Waals surface area contributed by atoms with Crippen molar-refractivity contribution in [3.63, 3.8) is 0 Å². The predicted molar refractivity (Wildman–Crippen MR) is 70.2 cm³/mol. The Morgan fingerprint density at radius 3 is 2.63 bits per heavy atom. The molecule has 100 valence electrons. The zero-order chi connectivity index (χ0) is 13.9. The molecular formula is C14H18N4O. The number of rotatable bonds is 2. The number of hydrogen-bond acceptors (Lipinski definition) is 4. The van der Waals surface area contributed by atoms with Gasteiger partial charge in [-0.2, -0.15) is 5.26 Å². The van der Waals surface area contributed by atoms with Crippen molar-refractivity contribution in [2.24, 2.45) is 5.92 Å². The molecule has 0 unspecified atom stereocenters. The molecule has 1 N–H and O–H groups in total. The fourth-order valence-corrected chi connectivity index (χ4v) is 2.31. The molecule has 1 heterocycles. The summed E-state index contributed by atoms with van der Waals surface area (Å²) >= 11 is 0. The van der Waals surface area contributed by atoms with Crippen molar-refractivity contribution in [2.75, 3.05) is 0 Å². The fourth-order valence-electron chi connectivity index (χ4n) is 2.31. The molecule has 0 atom stereocenters. The molecule has 0 bridgehead atoms. The van der Waals surface area contributed by atoms with Crippen LogP contribution in [0.4, 0.5) is 0 Å². The molecule has 1 aliphatic carbocycles. The number of aryl methyl sites for hydroxylation is 1. The Kier molecular flexibility index (Phi) is 3.79. The maximum Gasteiger partial charge on any atom is 0.272 e. The summed E-state index contributed by atoms with van der Waals surface area (Å²) in [6.45, 7) is 3.99. The molecule has 2 rings (SSSR count). The SMILES string of the molecule is Cc1cnc(C(=O)NC2(C#N)CCC(C)CC2)cn1. The first-order valence-electron chi connectivity index (χ1n) is 6.57. The van der Waals surface area contributed by atoms with Gasteiger partial charge in [-0.3, -0.25) is 9.78 Å². The molecule has 1 amide bonds. The molecule has 1 saturated carbocycles. The van der Waals surface area contributed by atoms with Gasteiger partial charge >= 0.3 is 0 Å². The van der Waals surface area contributed by atoms with Crippen LogP contribution in [0.25, 0.3) is 0 Å². The zero-order valence-electron chi connectivity index (χ0n) is 11.3. The Labute approximate surface area is 113 Å². The zero-order valence-corrected chi connectivity index (χ0v) is 11.3. The van der Waals surface area contributed by atoms with Crippen LogP contribution in [0.15, 0.2) is 12.4 Å². The molecule has 5 nitrogen and oxygen atoms in total. The van der Waals surface area contributed by atoms with Crippen molar-refractivity contribution in [3.05, 3.63) is 23.8 Å². The second-order valence-corrected chi connectivity index (χ2v) is 5.37. The summed E-state index contributed by atoms with van der Waals surface area (Å²) in [6.07, 6.45) is 6.34. The smallest absolute Gasteiger partial charge is 0.272 e. The van der Waals surface area contributed by atoms with E-state index in [1.165, 1.54) is 6.20 Å². The maximum atomic E-state index is 12.1. The minimum Gasteiger partial charge on any atom is -0.332 e. The quantitative estimate of drug-likeness (QED) is 0.879. The van der Waals surface area contributed by atoms with E-state index < -0.39 is 5.54 Å². The van der Waals surface area contributed by atoms with E-state index in [-0.39, 0.29) is 11.6 Å². The van der Waals surface area contributed by atoms with Gasteiger partial charge in [-0.1, -0.05) is 6.92 Å². The van der Waals surface area contributed by atoms with Gasteiger partial charge in [-0.05, 0) is 38.5 Å². The van der Waals surface area contributed by atoms with Gasteiger partial charge in [0, 0.05) is 6.20 Å². The highest BCUT2D eigenvalue weighted by Gasteiger charge is 2.36. The third kappa shape index (κ3) is 3.08. The summed E-state index contributed by atoms with van der Waals surface area (Å²) in [7, 11) is 0. The molecule has 1 aromatic heterocycles. The van der Waals surface area contributed by atoms with E-state index in [2.05, 4.69) is 28.3 Å². The summed E-state index contributed by atoms with van der Waals surface area (Å²) in [5.41, 5.74) is 0.285. The Morgan fingerprint density at radius 1 is 1.42 bits per heavy atom. The topological polar surface area (TPSA) is 78.7 Å². The second kappa shape index (κ2) is 5.35. The van der Waals surface area contributed by atoms with Gasteiger partial charge in [-0.15, -0.1) is 0 Å². The normalized spacial score (nSPS) is 26.5. The van der Waals surface area contributed by atoms with Crippen LogP contribution in [-0.2, 0) is 0 Å². The standard InChI is InChI=1S/C14H18N4O/c1-10-3-5-14(9-15,6-4-10)18-13(19)12-8-16-11(2)7-17-12/h7-8,10H,3-6H2,1-2H3,(H,18,19). The largest absolute Gasteiger partial charge is 0.332 e. The summed E-state index contributed by atoms with van der Waals surface area (Å²) in [4.78, 5) is 20.2. The average molecular weight is 258 g/mol. The highest BCUT2D eigenvalue weighted by atomic mass is 16.2. The van der Waals surface area contributed by atoms with Crippen LogP contribution in [0.3, 0.4) is 0 Å². The van der Waals surface area contributed by atoms with Crippen LogP contribution in [-0.4, -0.2) is 21.4 Å². The van der Waals surface area contributed by atoms with Crippen molar-refractivity contribution in [1.29, 1.82) is 5.26 Å². The van der Waals surface area contributed by atoms with Crippen LogP contribution in [0.5, 0.6) is 0 Å². The lowest BCUT2D eigenvalue weighted by Crippen LogP contribution is -2.49. The molecule has 0 aromatic carbocycles. The molecule has 1 fully saturated rings. The van der Waals surface area contributed by atoms with Crippen molar-refractivity contribution in [2.45, 2.75) is 45.1 Å². The summed E-state index contributed by atoms with van der Waals surface area (Å²) in [6, 6.07) is 2.27. The number of nitrogens with one attached hydrogen (secondary N) is 1. The molecular weight excluding hydrogens is 240 g/mol. The maximum absolute atomic E-state index is 12.1. The molecule has 0 radical (unpaired) electrons. The van der Waals surface area contributed by atoms with E-state index in [4.69, 9.17) is 0 Å². The van der Waals surface area contributed by atoms with E-state index in [1.54, 1.807) is 6.20 Å². The van der Waals surface area contributed by atoms with Gasteiger partial charge in [0.15, 0.2) is 0 Å². The lowest BCUT2D eigenvalue weighted by atomic mass is 9.78. The van der Waals surface area contributed by atoms with E-state index in [9.17, 15) is 10.1 Å². The van der Waals surface area contributed by atoms with Gasteiger partial charge in [0.05, 0.1) is 18.0 Å². The van der Waals surface area contributed by atoms with Crippen LogP contribution < -0.4 is 5.32 Å². The summed E-state index contributed by atoms with van der Waals surface area (Å²) < 4.78 is 0. The van der Waals surface area contributed by atoms with E-state index >= 15 is 0 Å².